The van der Waals surface area contributed by atoms with Crippen molar-refractivity contribution in [2.24, 2.45) is 5.10 Å². The van der Waals surface area contributed by atoms with Crippen molar-refractivity contribution in [1.82, 2.24) is 15.3 Å². The Balaban J connectivity index is 1.59. The van der Waals surface area contributed by atoms with Crippen molar-refractivity contribution in [3.8, 4) is 0 Å². The van der Waals surface area contributed by atoms with Gasteiger partial charge in [-0.1, -0.05) is 22.4 Å². The molecule has 1 aliphatic heterocycles. The smallest absolute Gasteiger partial charge is 0.259 e. The largest absolute Gasteiger partial charge is 0.361 e. The molecule has 2 heterocycles. The Morgan fingerprint density at radius 2 is 2.25 bits per heavy atom. The molecule has 1 saturated heterocycles. The maximum Gasteiger partial charge on any atom is 0.259 e. The van der Waals surface area contributed by atoms with Crippen LogP contribution in [0.5, 0.6) is 0 Å². The summed E-state index contributed by atoms with van der Waals surface area (Å²) >= 11 is 3.44. The zero-order valence-electron chi connectivity index (χ0n) is 13.2. The molecule has 0 spiro atoms. The number of hydrogen-bond acceptors (Lipinski definition) is 3. The van der Waals surface area contributed by atoms with Crippen LogP contribution in [0, 0.1) is 0 Å². The first-order valence-corrected chi connectivity index (χ1v) is 8.79. The number of amides is 2. The first kappa shape index (κ1) is 16.7. The van der Waals surface area contributed by atoms with Gasteiger partial charge in [-0.05, 0) is 31.0 Å². The van der Waals surface area contributed by atoms with E-state index in [1.165, 1.54) is 0 Å². The van der Waals surface area contributed by atoms with E-state index in [4.69, 9.17) is 0 Å². The SMILES string of the molecule is O=C(CN1CCCCCC1=O)N/N=C/c1c[nH]c2ccc(Br)cc12. The summed E-state index contributed by atoms with van der Waals surface area (Å²) in [5.74, 6) is -0.226. The van der Waals surface area contributed by atoms with E-state index in [9.17, 15) is 9.59 Å². The average Bonchev–Trinajstić information content (AvgIpc) is 2.84. The molecule has 0 radical (unpaired) electrons. The molecule has 24 heavy (non-hydrogen) atoms. The highest BCUT2D eigenvalue weighted by molar-refractivity contribution is 9.10. The summed E-state index contributed by atoms with van der Waals surface area (Å²) in [6.45, 7) is 0.710. The van der Waals surface area contributed by atoms with E-state index in [0.29, 0.717) is 13.0 Å². The molecule has 3 rings (SSSR count). The number of rotatable bonds is 4. The summed E-state index contributed by atoms with van der Waals surface area (Å²) < 4.78 is 0.980. The molecule has 0 saturated carbocycles. The molecule has 0 unspecified atom stereocenters. The van der Waals surface area contributed by atoms with Crippen LogP contribution in [-0.4, -0.2) is 41.0 Å². The second kappa shape index (κ2) is 7.61. The summed E-state index contributed by atoms with van der Waals surface area (Å²) in [6.07, 6.45) is 6.87. The van der Waals surface area contributed by atoms with Crippen LogP contribution in [0.3, 0.4) is 0 Å². The van der Waals surface area contributed by atoms with Gasteiger partial charge in [0.2, 0.25) is 5.91 Å². The zero-order chi connectivity index (χ0) is 16.9. The maximum absolute atomic E-state index is 12.0. The Labute approximate surface area is 148 Å². The molecule has 1 fully saturated rings. The van der Waals surface area contributed by atoms with Crippen LogP contribution >= 0.6 is 15.9 Å². The molecule has 0 bridgehead atoms. The van der Waals surface area contributed by atoms with Gasteiger partial charge in [-0.15, -0.1) is 0 Å². The Kier molecular flexibility index (Phi) is 5.30. The van der Waals surface area contributed by atoms with Crippen LogP contribution in [0.15, 0.2) is 34.0 Å². The van der Waals surface area contributed by atoms with Gasteiger partial charge in [0.05, 0.1) is 6.21 Å². The standard InChI is InChI=1S/C17H19BrN4O2/c18-13-5-6-15-14(8-13)12(9-19-15)10-20-21-16(23)11-22-7-3-1-2-4-17(22)24/h5-6,8-10,19H,1-4,7,11H2,(H,21,23)/b20-10+. The predicted octanol–water partition coefficient (Wildman–Crippen LogP) is 2.78. The summed E-state index contributed by atoms with van der Waals surface area (Å²) in [4.78, 5) is 28.6. The minimum Gasteiger partial charge on any atom is -0.361 e. The lowest BCUT2D eigenvalue weighted by Crippen LogP contribution is -2.39. The molecular weight excluding hydrogens is 372 g/mol. The van der Waals surface area contributed by atoms with Crippen molar-refractivity contribution < 1.29 is 9.59 Å². The number of carbonyl (C=O) groups excluding carboxylic acids is 2. The molecule has 126 valence electrons. The highest BCUT2D eigenvalue weighted by Gasteiger charge is 2.18. The number of fused-ring (bicyclic) bond motifs is 1. The summed E-state index contributed by atoms with van der Waals surface area (Å²) in [5, 5.41) is 5.03. The van der Waals surface area contributed by atoms with Gasteiger partial charge in [0.1, 0.15) is 6.54 Å². The first-order valence-electron chi connectivity index (χ1n) is 8.00. The molecule has 2 amide bonds. The zero-order valence-corrected chi connectivity index (χ0v) is 14.8. The highest BCUT2D eigenvalue weighted by Crippen LogP contribution is 2.21. The van der Waals surface area contributed by atoms with E-state index in [1.807, 2.05) is 24.4 Å². The van der Waals surface area contributed by atoms with Gasteiger partial charge in [0.15, 0.2) is 0 Å². The summed E-state index contributed by atoms with van der Waals surface area (Å²) in [5.41, 5.74) is 4.39. The number of aromatic amines is 1. The van der Waals surface area contributed by atoms with Crippen molar-refractivity contribution in [1.29, 1.82) is 0 Å². The van der Waals surface area contributed by atoms with Gasteiger partial charge in [-0.3, -0.25) is 9.59 Å². The van der Waals surface area contributed by atoms with Crippen molar-refractivity contribution >= 4 is 44.9 Å². The van der Waals surface area contributed by atoms with Crippen LogP contribution in [0.1, 0.15) is 31.2 Å². The number of halogens is 1. The highest BCUT2D eigenvalue weighted by atomic mass is 79.9. The number of likely N-dealkylation sites (tertiary alicyclic amines) is 1. The monoisotopic (exact) mass is 390 g/mol. The lowest BCUT2D eigenvalue weighted by Gasteiger charge is -2.18. The van der Waals surface area contributed by atoms with Gasteiger partial charge in [-0.25, -0.2) is 5.43 Å². The van der Waals surface area contributed by atoms with Crippen molar-refractivity contribution in [2.75, 3.05) is 13.1 Å². The molecule has 1 aromatic carbocycles. The topological polar surface area (TPSA) is 77.6 Å². The van der Waals surface area contributed by atoms with E-state index >= 15 is 0 Å². The second-order valence-electron chi connectivity index (χ2n) is 5.85. The normalized spacial score (nSPS) is 15.9. The number of hydrazone groups is 1. The first-order chi connectivity index (χ1) is 11.6. The molecule has 6 nitrogen and oxygen atoms in total. The Hall–Kier alpha value is -2.15. The molecule has 7 heteroatoms. The number of nitrogens with zero attached hydrogens (tertiary/aromatic N) is 2. The molecule has 2 N–H and O–H groups in total. The van der Waals surface area contributed by atoms with E-state index in [2.05, 4.69) is 31.4 Å². The Morgan fingerprint density at radius 3 is 3.12 bits per heavy atom. The number of aromatic nitrogens is 1. The van der Waals surface area contributed by atoms with Gasteiger partial charge in [-0.2, -0.15) is 5.10 Å². The summed E-state index contributed by atoms with van der Waals surface area (Å²) in [7, 11) is 0. The van der Waals surface area contributed by atoms with E-state index in [1.54, 1.807) is 11.1 Å². The van der Waals surface area contributed by atoms with Crippen LogP contribution in [0.4, 0.5) is 0 Å². The third kappa shape index (κ3) is 4.03. The number of benzene rings is 1. The van der Waals surface area contributed by atoms with Gasteiger partial charge < -0.3 is 9.88 Å². The van der Waals surface area contributed by atoms with E-state index in [0.717, 1.165) is 40.2 Å². The fourth-order valence-corrected chi connectivity index (χ4v) is 3.17. The van der Waals surface area contributed by atoms with E-state index < -0.39 is 0 Å². The third-order valence-corrected chi connectivity index (χ3v) is 4.57. The Morgan fingerprint density at radius 1 is 1.38 bits per heavy atom. The van der Waals surface area contributed by atoms with Crippen LogP contribution in [0.2, 0.25) is 0 Å². The van der Waals surface area contributed by atoms with Gasteiger partial charge in [0.25, 0.3) is 5.91 Å². The second-order valence-corrected chi connectivity index (χ2v) is 6.77. The minimum atomic E-state index is -0.275. The predicted molar refractivity (Wildman–Crippen MR) is 96.8 cm³/mol. The molecule has 0 aliphatic carbocycles. The molecule has 0 atom stereocenters. The van der Waals surface area contributed by atoms with Crippen LogP contribution in [0.25, 0.3) is 10.9 Å². The van der Waals surface area contributed by atoms with Crippen molar-refractivity contribution in [2.45, 2.75) is 25.7 Å². The van der Waals surface area contributed by atoms with Gasteiger partial charge >= 0.3 is 0 Å². The maximum atomic E-state index is 12.0. The number of H-pyrrole nitrogens is 1. The summed E-state index contributed by atoms with van der Waals surface area (Å²) in [6, 6.07) is 5.92. The average molecular weight is 391 g/mol. The van der Waals surface area contributed by atoms with Crippen LogP contribution in [-0.2, 0) is 9.59 Å². The molecule has 2 aromatic rings. The third-order valence-electron chi connectivity index (χ3n) is 4.07. The lowest BCUT2D eigenvalue weighted by molar-refractivity contribution is -0.135. The lowest BCUT2D eigenvalue weighted by atomic mass is 10.2. The van der Waals surface area contributed by atoms with Crippen molar-refractivity contribution in [3.63, 3.8) is 0 Å². The fraction of sp³-hybridized carbons (Fsp3) is 0.353. The minimum absolute atomic E-state index is 0.0492. The Bertz CT molecular complexity index is 784. The molecular formula is C17H19BrN4O2. The van der Waals surface area contributed by atoms with Gasteiger partial charge in [0, 0.05) is 40.1 Å². The fourth-order valence-electron chi connectivity index (χ4n) is 2.81. The quantitative estimate of drug-likeness (QED) is 0.621. The number of hydrogen-bond donors (Lipinski definition) is 2. The van der Waals surface area contributed by atoms with Crippen molar-refractivity contribution in [3.05, 3.63) is 34.4 Å². The molecule has 1 aliphatic rings. The number of carbonyl (C=O) groups is 2. The van der Waals surface area contributed by atoms with Crippen LogP contribution < -0.4 is 5.43 Å². The molecule has 1 aromatic heterocycles. The van der Waals surface area contributed by atoms with E-state index in [-0.39, 0.29) is 18.4 Å². The number of nitrogens with one attached hydrogen (secondary N) is 2.